The fraction of sp³-hybridized carbons (Fsp3) is 0. The van der Waals surface area contributed by atoms with Crippen LogP contribution in [0.25, 0.3) is 11.3 Å². The Hall–Kier alpha value is -1.72. The molecule has 1 heterocycles. The molecule has 0 spiro atoms. The minimum absolute atomic E-state index is 0.0442. The highest BCUT2D eigenvalue weighted by Gasteiger charge is 2.17. The number of anilines is 2. The molecule has 96 valence electrons. The maximum atomic E-state index is 13.5. The summed E-state index contributed by atoms with van der Waals surface area (Å²) in [5, 5.41) is 9.11. The second-order valence-electron chi connectivity index (χ2n) is 3.55. The number of nitrogens with zero attached hydrogens (tertiary/aromatic N) is 3. The maximum Gasteiger partial charge on any atom is 0.222 e. The minimum Gasteiger partial charge on any atom is -0.382 e. The zero-order valence-corrected chi connectivity index (χ0v) is 12.5. The lowest BCUT2D eigenvalue weighted by molar-refractivity contribution is 0.627. The number of nitrogen functional groups attached to an aromatic ring is 2. The van der Waals surface area contributed by atoms with Crippen LogP contribution in [0.1, 0.15) is 5.56 Å². The van der Waals surface area contributed by atoms with Gasteiger partial charge in [0.05, 0.1) is 5.69 Å². The highest BCUT2D eigenvalue weighted by Crippen LogP contribution is 2.36. The smallest absolute Gasteiger partial charge is 0.222 e. The Morgan fingerprint density at radius 3 is 2.53 bits per heavy atom. The van der Waals surface area contributed by atoms with Gasteiger partial charge in [-0.2, -0.15) is 10.2 Å². The van der Waals surface area contributed by atoms with Crippen LogP contribution < -0.4 is 11.5 Å². The van der Waals surface area contributed by atoms with Gasteiger partial charge in [-0.15, -0.1) is 0 Å². The first-order valence-electron chi connectivity index (χ1n) is 4.92. The number of rotatable bonds is 1. The molecule has 2 aromatic rings. The topological polar surface area (TPSA) is 102 Å². The molecule has 0 aliphatic rings. The Bertz CT molecular complexity index is 711. The van der Waals surface area contributed by atoms with Crippen LogP contribution in [0, 0.1) is 17.1 Å². The van der Waals surface area contributed by atoms with E-state index in [2.05, 4.69) is 41.8 Å². The van der Waals surface area contributed by atoms with Gasteiger partial charge in [-0.3, -0.25) is 0 Å². The lowest BCUT2D eigenvalue weighted by Gasteiger charge is -2.09. The quantitative estimate of drug-likeness (QED) is 0.733. The second-order valence-corrected chi connectivity index (χ2v) is 5.20. The fourth-order valence-electron chi connectivity index (χ4n) is 1.53. The Kier molecular flexibility index (Phi) is 3.68. The maximum absolute atomic E-state index is 13.5. The standard InChI is InChI=1S/C11H6Br2FN5/c12-7-2-4(14)1-5(8(7)13)9-6(3-15)10(16)19-11(17)18-9/h1-2H,(H4,16,17,18,19). The molecular weight excluding hydrogens is 381 g/mol. The molecule has 0 saturated carbocycles. The number of nitriles is 1. The zero-order valence-electron chi connectivity index (χ0n) is 9.28. The van der Waals surface area contributed by atoms with Gasteiger partial charge in [0.1, 0.15) is 23.3 Å². The van der Waals surface area contributed by atoms with Crippen molar-refractivity contribution in [3.63, 3.8) is 0 Å². The molecular formula is C11H6Br2FN5. The van der Waals surface area contributed by atoms with Crippen molar-refractivity contribution in [2.45, 2.75) is 0 Å². The normalized spacial score (nSPS) is 10.2. The van der Waals surface area contributed by atoms with Crippen molar-refractivity contribution >= 4 is 43.6 Å². The van der Waals surface area contributed by atoms with Crippen LogP contribution in [0.5, 0.6) is 0 Å². The van der Waals surface area contributed by atoms with E-state index in [1.54, 1.807) is 0 Å². The third-order valence-corrected chi connectivity index (χ3v) is 4.33. The molecule has 0 fully saturated rings. The van der Waals surface area contributed by atoms with E-state index in [0.717, 1.165) is 0 Å². The Morgan fingerprint density at radius 2 is 1.89 bits per heavy atom. The van der Waals surface area contributed by atoms with E-state index in [1.807, 2.05) is 6.07 Å². The van der Waals surface area contributed by atoms with Crippen LogP contribution in [0.15, 0.2) is 21.1 Å². The summed E-state index contributed by atoms with van der Waals surface area (Å²) in [5.41, 5.74) is 11.7. The van der Waals surface area contributed by atoms with Gasteiger partial charge in [-0.1, -0.05) is 0 Å². The summed E-state index contributed by atoms with van der Waals surface area (Å²) in [7, 11) is 0. The third-order valence-electron chi connectivity index (χ3n) is 2.31. The molecule has 0 atom stereocenters. The molecule has 4 N–H and O–H groups in total. The van der Waals surface area contributed by atoms with Crippen LogP contribution in [0.2, 0.25) is 0 Å². The predicted molar refractivity (Wildman–Crippen MR) is 76.4 cm³/mol. The number of halogens is 3. The van der Waals surface area contributed by atoms with E-state index in [0.29, 0.717) is 14.5 Å². The summed E-state index contributed by atoms with van der Waals surface area (Å²) in [4.78, 5) is 7.67. The highest BCUT2D eigenvalue weighted by molar-refractivity contribution is 9.13. The molecule has 0 bridgehead atoms. The first-order valence-corrected chi connectivity index (χ1v) is 6.50. The van der Waals surface area contributed by atoms with Gasteiger partial charge in [0, 0.05) is 14.5 Å². The number of hydrogen-bond donors (Lipinski definition) is 2. The van der Waals surface area contributed by atoms with Crippen molar-refractivity contribution in [1.82, 2.24) is 9.97 Å². The predicted octanol–water partition coefficient (Wildman–Crippen LogP) is 2.84. The van der Waals surface area contributed by atoms with Crippen molar-refractivity contribution in [3.05, 3.63) is 32.5 Å². The van der Waals surface area contributed by atoms with Crippen molar-refractivity contribution in [3.8, 4) is 17.3 Å². The summed E-state index contributed by atoms with van der Waals surface area (Å²) in [6.45, 7) is 0. The summed E-state index contributed by atoms with van der Waals surface area (Å²) in [5.74, 6) is -0.610. The van der Waals surface area contributed by atoms with Gasteiger partial charge in [0.15, 0.2) is 0 Å². The van der Waals surface area contributed by atoms with Gasteiger partial charge in [0.2, 0.25) is 5.95 Å². The lowest BCUT2D eigenvalue weighted by Crippen LogP contribution is -2.05. The van der Waals surface area contributed by atoms with Crippen LogP contribution in [-0.4, -0.2) is 9.97 Å². The molecule has 0 radical (unpaired) electrons. The molecule has 5 nitrogen and oxygen atoms in total. The van der Waals surface area contributed by atoms with E-state index in [9.17, 15) is 4.39 Å². The van der Waals surface area contributed by atoms with Gasteiger partial charge >= 0.3 is 0 Å². The lowest BCUT2D eigenvalue weighted by atomic mass is 10.1. The average molecular weight is 387 g/mol. The SMILES string of the molecule is N#Cc1c(N)nc(N)nc1-c1cc(F)cc(Br)c1Br. The number of aromatic nitrogens is 2. The second kappa shape index (κ2) is 5.11. The minimum atomic E-state index is -0.482. The molecule has 0 unspecified atom stereocenters. The molecule has 0 aliphatic carbocycles. The van der Waals surface area contributed by atoms with E-state index >= 15 is 0 Å². The molecule has 1 aromatic heterocycles. The molecule has 1 aromatic carbocycles. The average Bonchev–Trinajstić information content (AvgIpc) is 2.33. The summed E-state index contributed by atoms with van der Waals surface area (Å²) in [6, 6.07) is 4.41. The van der Waals surface area contributed by atoms with Crippen molar-refractivity contribution < 1.29 is 4.39 Å². The van der Waals surface area contributed by atoms with Crippen molar-refractivity contribution in [2.75, 3.05) is 11.5 Å². The number of hydrogen-bond acceptors (Lipinski definition) is 5. The molecule has 19 heavy (non-hydrogen) atoms. The largest absolute Gasteiger partial charge is 0.382 e. The van der Waals surface area contributed by atoms with E-state index < -0.39 is 5.82 Å². The van der Waals surface area contributed by atoms with E-state index in [-0.39, 0.29) is 23.0 Å². The molecule has 0 aliphatic heterocycles. The summed E-state index contributed by atoms with van der Waals surface area (Å²) in [6.07, 6.45) is 0. The first kappa shape index (κ1) is 13.7. The van der Waals surface area contributed by atoms with Crippen LogP contribution in [0.3, 0.4) is 0 Å². The van der Waals surface area contributed by atoms with E-state index in [1.165, 1.54) is 12.1 Å². The zero-order chi connectivity index (χ0) is 14.2. The van der Waals surface area contributed by atoms with Crippen molar-refractivity contribution in [2.24, 2.45) is 0 Å². The Morgan fingerprint density at radius 1 is 1.21 bits per heavy atom. The van der Waals surface area contributed by atoms with Crippen LogP contribution >= 0.6 is 31.9 Å². The molecule has 0 saturated heterocycles. The van der Waals surface area contributed by atoms with Crippen LogP contribution in [0.4, 0.5) is 16.2 Å². The summed E-state index contributed by atoms with van der Waals surface area (Å²) >= 11 is 6.50. The molecule has 8 heteroatoms. The van der Waals surface area contributed by atoms with Crippen LogP contribution in [-0.2, 0) is 0 Å². The van der Waals surface area contributed by atoms with Gasteiger partial charge in [0.25, 0.3) is 0 Å². The highest BCUT2D eigenvalue weighted by atomic mass is 79.9. The number of nitrogens with two attached hydrogens (primary N) is 2. The van der Waals surface area contributed by atoms with Gasteiger partial charge < -0.3 is 11.5 Å². The monoisotopic (exact) mass is 385 g/mol. The molecule has 2 rings (SSSR count). The Labute approximate surface area is 124 Å². The summed E-state index contributed by atoms with van der Waals surface area (Å²) < 4.78 is 14.5. The third kappa shape index (κ3) is 2.52. The molecule has 0 amide bonds. The van der Waals surface area contributed by atoms with Gasteiger partial charge in [-0.05, 0) is 44.0 Å². The first-order chi connectivity index (χ1) is 8.93. The van der Waals surface area contributed by atoms with Crippen molar-refractivity contribution in [1.29, 1.82) is 5.26 Å². The van der Waals surface area contributed by atoms with E-state index in [4.69, 9.17) is 16.7 Å². The number of benzene rings is 1. The van der Waals surface area contributed by atoms with Gasteiger partial charge in [-0.25, -0.2) is 9.37 Å². The Balaban J connectivity index is 2.83. The fourth-order valence-corrected chi connectivity index (χ4v) is 2.38.